The fourth-order valence-electron chi connectivity index (χ4n) is 2.38. The predicted molar refractivity (Wildman–Crippen MR) is 90.1 cm³/mol. The summed E-state index contributed by atoms with van der Waals surface area (Å²) in [5, 5.41) is 3.49. The quantitative estimate of drug-likeness (QED) is 0.800. The Labute approximate surface area is 133 Å². The lowest BCUT2D eigenvalue weighted by Gasteiger charge is -2.00. The number of benzene rings is 1. The van der Waals surface area contributed by atoms with E-state index in [1.165, 1.54) is 11.3 Å². The summed E-state index contributed by atoms with van der Waals surface area (Å²) in [6, 6.07) is 8.05. The highest BCUT2D eigenvalue weighted by Crippen LogP contribution is 2.34. The number of aryl methyl sites for hydroxylation is 2. The molecule has 114 valence electrons. The SMILES string of the molecule is CCC(=O)Nc1nc(CC)c(-c2nc3ccccc3n2C)s1. The summed E-state index contributed by atoms with van der Waals surface area (Å²) < 4.78 is 2.08. The Balaban J connectivity index is 2.09. The molecule has 0 radical (unpaired) electrons. The van der Waals surface area contributed by atoms with Gasteiger partial charge < -0.3 is 9.88 Å². The number of aromatic nitrogens is 3. The molecule has 0 aliphatic rings. The second kappa shape index (κ2) is 5.88. The number of nitrogens with one attached hydrogen (secondary N) is 1. The molecule has 0 aliphatic heterocycles. The number of fused-ring (bicyclic) bond motifs is 1. The van der Waals surface area contributed by atoms with Crippen molar-refractivity contribution in [1.29, 1.82) is 0 Å². The molecule has 0 fully saturated rings. The Morgan fingerprint density at radius 2 is 2.05 bits per heavy atom. The number of hydrogen-bond donors (Lipinski definition) is 1. The van der Waals surface area contributed by atoms with Gasteiger partial charge in [-0.1, -0.05) is 37.3 Å². The molecule has 0 aliphatic carbocycles. The van der Waals surface area contributed by atoms with Crippen molar-refractivity contribution in [2.24, 2.45) is 7.05 Å². The first kappa shape index (κ1) is 14.7. The van der Waals surface area contributed by atoms with Crippen LogP contribution in [0.15, 0.2) is 24.3 Å². The first-order valence-electron chi connectivity index (χ1n) is 7.35. The summed E-state index contributed by atoms with van der Waals surface area (Å²) in [5.74, 6) is 0.875. The molecule has 0 atom stereocenters. The number of thiazole rings is 1. The van der Waals surface area contributed by atoms with Crippen molar-refractivity contribution in [2.75, 3.05) is 5.32 Å². The second-order valence-corrected chi connectivity index (χ2v) is 6.03. The van der Waals surface area contributed by atoms with Crippen LogP contribution in [0.25, 0.3) is 21.7 Å². The van der Waals surface area contributed by atoms with Crippen LogP contribution >= 0.6 is 11.3 Å². The minimum Gasteiger partial charge on any atom is -0.326 e. The van der Waals surface area contributed by atoms with Crippen molar-refractivity contribution in [2.45, 2.75) is 26.7 Å². The third-order valence-corrected chi connectivity index (χ3v) is 4.60. The van der Waals surface area contributed by atoms with Gasteiger partial charge in [-0.3, -0.25) is 4.79 Å². The highest BCUT2D eigenvalue weighted by atomic mass is 32.1. The first-order chi connectivity index (χ1) is 10.6. The first-order valence-corrected chi connectivity index (χ1v) is 8.17. The molecule has 0 bridgehead atoms. The third-order valence-electron chi connectivity index (χ3n) is 3.59. The van der Waals surface area contributed by atoms with Crippen molar-refractivity contribution in [3.8, 4) is 10.7 Å². The van der Waals surface area contributed by atoms with Crippen LogP contribution in [0.5, 0.6) is 0 Å². The lowest BCUT2D eigenvalue weighted by atomic mass is 10.3. The fraction of sp³-hybridized carbons (Fsp3) is 0.312. The van der Waals surface area contributed by atoms with E-state index in [4.69, 9.17) is 4.98 Å². The summed E-state index contributed by atoms with van der Waals surface area (Å²) >= 11 is 1.48. The van der Waals surface area contributed by atoms with Crippen molar-refractivity contribution >= 4 is 33.4 Å². The molecule has 1 N–H and O–H groups in total. The monoisotopic (exact) mass is 314 g/mol. The van der Waals surface area contributed by atoms with E-state index >= 15 is 0 Å². The molecular formula is C16H18N4OS. The number of para-hydroxylation sites is 2. The Bertz CT molecular complexity index is 834. The van der Waals surface area contributed by atoms with Crippen LogP contribution in [0.2, 0.25) is 0 Å². The summed E-state index contributed by atoms with van der Waals surface area (Å²) in [7, 11) is 2.01. The van der Waals surface area contributed by atoms with Crippen molar-refractivity contribution in [1.82, 2.24) is 14.5 Å². The number of carbonyl (C=O) groups excluding carboxylic acids is 1. The number of imidazole rings is 1. The molecular weight excluding hydrogens is 296 g/mol. The van der Waals surface area contributed by atoms with Crippen LogP contribution in [0, 0.1) is 0 Å². The number of carbonyl (C=O) groups is 1. The van der Waals surface area contributed by atoms with E-state index in [2.05, 4.69) is 27.9 Å². The van der Waals surface area contributed by atoms with Gasteiger partial charge in [0.15, 0.2) is 11.0 Å². The Kier molecular flexibility index (Phi) is 3.94. The highest BCUT2D eigenvalue weighted by molar-refractivity contribution is 7.19. The van der Waals surface area contributed by atoms with Gasteiger partial charge in [-0.15, -0.1) is 0 Å². The lowest BCUT2D eigenvalue weighted by Crippen LogP contribution is -2.08. The zero-order chi connectivity index (χ0) is 15.7. The van der Waals surface area contributed by atoms with Crippen LogP contribution in [0.3, 0.4) is 0 Å². The molecule has 1 aromatic carbocycles. The van der Waals surface area contributed by atoms with Gasteiger partial charge in [-0.05, 0) is 18.6 Å². The number of nitrogens with zero attached hydrogens (tertiary/aromatic N) is 3. The zero-order valence-electron chi connectivity index (χ0n) is 12.9. The standard InChI is InChI=1S/C16H18N4OS/c1-4-10-14(22-16(18-10)19-13(21)5-2)15-17-11-8-6-7-9-12(11)20(15)3/h6-9H,4-5H2,1-3H3,(H,18,19,21). The minimum atomic E-state index is -0.0204. The molecule has 2 heterocycles. The van der Waals surface area contributed by atoms with Crippen molar-refractivity contribution in [3.63, 3.8) is 0 Å². The van der Waals surface area contributed by atoms with Gasteiger partial charge in [-0.25, -0.2) is 9.97 Å². The molecule has 22 heavy (non-hydrogen) atoms. The van der Waals surface area contributed by atoms with Crippen LogP contribution < -0.4 is 5.32 Å². The van der Waals surface area contributed by atoms with Crippen LogP contribution in [0.1, 0.15) is 26.0 Å². The predicted octanol–water partition coefficient (Wildman–Crippen LogP) is 3.61. The van der Waals surface area contributed by atoms with Gasteiger partial charge in [0.25, 0.3) is 0 Å². The van der Waals surface area contributed by atoms with E-state index in [0.717, 1.165) is 33.8 Å². The van der Waals surface area contributed by atoms with Gasteiger partial charge in [0.2, 0.25) is 5.91 Å². The Morgan fingerprint density at radius 3 is 2.73 bits per heavy atom. The van der Waals surface area contributed by atoms with Gasteiger partial charge in [-0.2, -0.15) is 0 Å². The number of rotatable bonds is 4. The van der Waals surface area contributed by atoms with E-state index in [1.807, 2.05) is 32.2 Å². The maximum absolute atomic E-state index is 11.6. The molecule has 2 aromatic heterocycles. The number of anilines is 1. The molecule has 0 spiro atoms. The molecule has 3 rings (SSSR count). The maximum atomic E-state index is 11.6. The van der Waals surface area contributed by atoms with Crippen LogP contribution in [-0.4, -0.2) is 20.4 Å². The molecule has 0 saturated carbocycles. The normalized spacial score (nSPS) is 11.0. The Morgan fingerprint density at radius 1 is 1.27 bits per heavy atom. The number of amides is 1. The molecule has 1 amide bonds. The Hall–Kier alpha value is -2.21. The summed E-state index contributed by atoms with van der Waals surface area (Å²) in [4.78, 5) is 21.9. The molecule has 3 aromatic rings. The van der Waals surface area contributed by atoms with E-state index in [1.54, 1.807) is 0 Å². The van der Waals surface area contributed by atoms with E-state index in [0.29, 0.717) is 11.6 Å². The second-order valence-electron chi connectivity index (χ2n) is 5.03. The van der Waals surface area contributed by atoms with Crippen LogP contribution in [0.4, 0.5) is 5.13 Å². The summed E-state index contributed by atoms with van der Waals surface area (Å²) in [5.41, 5.74) is 3.02. The average Bonchev–Trinajstić information content (AvgIpc) is 3.08. The van der Waals surface area contributed by atoms with E-state index < -0.39 is 0 Å². The number of hydrogen-bond acceptors (Lipinski definition) is 4. The van der Waals surface area contributed by atoms with Crippen molar-refractivity contribution < 1.29 is 4.79 Å². The molecule has 0 unspecified atom stereocenters. The molecule has 6 heteroatoms. The minimum absolute atomic E-state index is 0.0204. The zero-order valence-corrected chi connectivity index (χ0v) is 13.7. The third kappa shape index (κ3) is 2.50. The van der Waals surface area contributed by atoms with Gasteiger partial charge in [0.05, 0.1) is 21.6 Å². The van der Waals surface area contributed by atoms with E-state index in [-0.39, 0.29) is 5.91 Å². The van der Waals surface area contributed by atoms with Gasteiger partial charge in [0, 0.05) is 13.5 Å². The van der Waals surface area contributed by atoms with Gasteiger partial charge in [0.1, 0.15) is 0 Å². The van der Waals surface area contributed by atoms with Crippen LogP contribution in [-0.2, 0) is 18.3 Å². The topological polar surface area (TPSA) is 59.8 Å². The molecule has 0 saturated heterocycles. The maximum Gasteiger partial charge on any atom is 0.225 e. The fourth-order valence-corrected chi connectivity index (χ4v) is 3.47. The largest absolute Gasteiger partial charge is 0.326 e. The van der Waals surface area contributed by atoms with Crippen molar-refractivity contribution in [3.05, 3.63) is 30.0 Å². The molecule has 5 nitrogen and oxygen atoms in total. The average molecular weight is 314 g/mol. The van der Waals surface area contributed by atoms with Gasteiger partial charge >= 0.3 is 0 Å². The summed E-state index contributed by atoms with van der Waals surface area (Å²) in [6.07, 6.45) is 1.25. The van der Waals surface area contributed by atoms with E-state index in [9.17, 15) is 4.79 Å². The smallest absolute Gasteiger partial charge is 0.225 e. The summed E-state index contributed by atoms with van der Waals surface area (Å²) in [6.45, 7) is 3.89. The highest BCUT2D eigenvalue weighted by Gasteiger charge is 2.18. The lowest BCUT2D eigenvalue weighted by molar-refractivity contribution is -0.115.